The van der Waals surface area contributed by atoms with Crippen molar-refractivity contribution in [3.63, 3.8) is 0 Å². The molecule has 0 amide bonds. The molecule has 0 fully saturated rings. The van der Waals surface area contributed by atoms with Crippen molar-refractivity contribution >= 4 is 5.69 Å². The van der Waals surface area contributed by atoms with Gasteiger partial charge >= 0.3 is 0 Å². The number of benzene rings is 1. The van der Waals surface area contributed by atoms with Crippen molar-refractivity contribution in [2.75, 3.05) is 11.9 Å². The molecule has 0 aliphatic heterocycles. The zero-order valence-corrected chi connectivity index (χ0v) is 9.66. The Morgan fingerprint density at radius 3 is 2.73 bits per heavy atom. The summed E-state index contributed by atoms with van der Waals surface area (Å²) in [5.41, 5.74) is 2.03. The van der Waals surface area contributed by atoms with E-state index in [1.807, 2.05) is 24.3 Å². The van der Waals surface area contributed by atoms with Gasteiger partial charge in [-0.25, -0.2) is 0 Å². The Morgan fingerprint density at radius 2 is 2.07 bits per heavy atom. The number of anilines is 1. The molecule has 84 valence electrons. The summed E-state index contributed by atoms with van der Waals surface area (Å²) >= 11 is 0. The van der Waals surface area contributed by atoms with Crippen LogP contribution in [0.3, 0.4) is 0 Å². The first kappa shape index (κ1) is 12.1. The van der Waals surface area contributed by atoms with Crippen LogP contribution < -0.4 is 5.32 Å². The van der Waals surface area contributed by atoms with Crippen LogP contribution in [0.2, 0.25) is 0 Å². The van der Waals surface area contributed by atoms with Crippen LogP contribution in [0, 0.1) is 5.92 Å². The van der Waals surface area contributed by atoms with E-state index in [1.54, 1.807) is 0 Å². The van der Waals surface area contributed by atoms with Crippen molar-refractivity contribution in [1.82, 2.24) is 0 Å². The molecule has 15 heavy (non-hydrogen) atoms. The molecular formula is C13H21NO. The number of aliphatic hydroxyl groups excluding tert-OH is 1. The van der Waals surface area contributed by atoms with Crippen LogP contribution >= 0.6 is 0 Å². The third-order valence-corrected chi connectivity index (χ3v) is 2.61. The van der Waals surface area contributed by atoms with Gasteiger partial charge in [-0.05, 0) is 18.4 Å². The average Bonchev–Trinajstić information content (AvgIpc) is 2.27. The third-order valence-electron chi connectivity index (χ3n) is 2.61. The Bertz CT molecular complexity index is 286. The van der Waals surface area contributed by atoms with E-state index in [2.05, 4.69) is 19.2 Å². The molecule has 0 saturated carbocycles. The number of hydrogen-bond acceptors (Lipinski definition) is 2. The van der Waals surface area contributed by atoms with E-state index in [0.29, 0.717) is 5.92 Å². The van der Waals surface area contributed by atoms with Crippen LogP contribution in [0.5, 0.6) is 0 Å². The van der Waals surface area contributed by atoms with Crippen molar-refractivity contribution in [3.05, 3.63) is 29.8 Å². The summed E-state index contributed by atoms with van der Waals surface area (Å²) in [6.45, 7) is 5.53. The smallest absolute Gasteiger partial charge is 0.0701 e. The molecular weight excluding hydrogens is 186 g/mol. The van der Waals surface area contributed by atoms with Gasteiger partial charge in [0.2, 0.25) is 0 Å². The van der Waals surface area contributed by atoms with Crippen LogP contribution in [-0.2, 0) is 6.61 Å². The van der Waals surface area contributed by atoms with Gasteiger partial charge in [0.15, 0.2) is 0 Å². The van der Waals surface area contributed by atoms with E-state index in [1.165, 1.54) is 12.8 Å². The SMILES string of the molecule is CCC[C@H](C)CNc1ccccc1CO. The third kappa shape index (κ3) is 3.92. The summed E-state index contributed by atoms with van der Waals surface area (Å²) in [6, 6.07) is 7.91. The number of nitrogens with one attached hydrogen (secondary N) is 1. The molecule has 2 nitrogen and oxygen atoms in total. The van der Waals surface area contributed by atoms with Gasteiger partial charge in [0.25, 0.3) is 0 Å². The lowest BCUT2D eigenvalue weighted by molar-refractivity contribution is 0.282. The number of hydrogen-bond donors (Lipinski definition) is 2. The van der Waals surface area contributed by atoms with Gasteiger partial charge < -0.3 is 10.4 Å². The second kappa shape index (κ2) is 6.46. The van der Waals surface area contributed by atoms with Gasteiger partial charge in [-0.15, -0.1) is 0 Å². The minimum absolute atomic E-state index is 0.103. The first-order chi connectivity index (χ1) is 7.27. The number of para-hydroxylation sites is 1. The van der Waals surface area contributed by atoms with Crippen LogP contribution in [-0.4, -0.2) is 11.7 Å². The molecule has 2 N–H and O–H groups in total. The molecule has 1 atom stereocenters. The van der Waals surface area contributed by atoms with Crippen molar-refractivity contribution in [2.45, 2.75) is 33.3 Å². The van der Waals surface area contributed by atoms with Crippen LogP contribution in [0.25, 0.3) is 0 Å². The Hall–Kier alpha value is -1.02. The Morgan fingerprint density at radius 1 is 1.33 bits per heavy atom. The van der Waals surface area contributed by atoms with Crippen LogP contribution in [0.1, 0.15) is 32.3 Å². The standard InChI is InChI=1S/C13H21NO/c1-3-6-11(2)9-14-13-8-5-4-7-12(13)10-15/h4-5,7-8,11,14-15H,3,6,9-10H2,1-2H3/t11-/m0/s1. The van der Waals surface area contributed by atoms with Crippen molar-refractivity contribution in [2.24, 2.45) is 5.92 Å². The predicted octanol–water partition coefficient (Wildman–Crippen LogP) is 3.03. The first-order valence-electron chi connectivity index (χ1n) is 5.70. The summed E-state index contributed by atoms with van der Waals surface area (Å²) in [7, 11) is 0. The van der Waals surface area contributed by atoms with E-state index < -0.39 is 0 Å². The molecule has 0 spiro atoms. The van der Waals surface area contributed by atoms with Crippen LogP contribution in [0.15, 0.2) is 24.3 Å². The lowest BCUT2D eigenvalue weighted by Gasteiger charge is -2.14. The van der Waals surface area contributed by atoms with Gasteiger partial charge in [0.05, 0.1) is 6.61 Å². The molecule has 0 heterocycles. The average molecular weight is 207 g/mol. The van der Waals surface area contributed by atoms with Crippen molar-refractivity contribution in [3.8, 4) is 0 Å². The summed E-state index contributed by atoms with van der Waals surface area (Å²) in [5.74, 6) is 0.682. The quantitative estimate of drug-likeness (QED) is 0.751. The van der Waals surface area contributed by atoms with Gasteiger partial charge in [-0.1, -0.05) is 38.5 Å². The Kier molecular flexibility index (Phi) is 5.19. The maximum atomic E-state index is 9.15. The molecule has 0 unspecified atom stereocenters. The zero-order chi connectivity index (χ0) is 11.1. The van der Waals surface area contributed by atoms with Gasteiger partial charge in [-0.3, -0.25) is 0 Å². The van der Waals surface area contributed by atoms with E-state index in [4.69, 9.17) is 5.11 Å². The van der Waals surface area contributed by atoms with Gasteiger partial charge in [0, 0.05) is 17.8 Å². The summed E-state index contributed by atoms with van der Waals surface area (Å²) < 4.78 is 0. The fourth-order valence-electron chi connectivity index (χ4n) is 1.71. The molecule has 1 aromatic rings. The number of rotatable bonds is 6. The highest BCUT2D eigenvalue weighted by atomic mass is 16.3. The van der Waals surface area contributed by atoms with Gasteiger partial charge in [-0.2, -0.15) is 0 Å². The zero-order valence-electron chi connectivity index (χ0n) is 9.66. The summed E-state index contributed by atoms with van der Waals surface area (Å²) in [4.78, 5) is 0. The minimum Gasteiger partial charge on any atom is -0.392 e. The fraction of sp³-hybridized carbons (Fsp3) is 0.538. The molecule has 2 heteroatoms. The highest BCUT2D eigenvalue weighted by molar-refractivity contribution is 5.50. The number of aliphatic hydroxyl groups is 1. The largest absolute Gasteiger partial charge is 0.392 e. The summed E-state index contributed by atoms with van der Waals surface area (Å²) in [5, 5.41) is 12.5. The second-order valence-corrected chi connectivity index (χ2v) is 4.09. The Balaban J connectivity index is 2.49. The molecule has 1 rings (SSSR count). The highest BCUT2D eigenvalue weighted by Gasteiger charge is 2.03. The van der Waals surface area contributed by atoms with Gasteiger partial charge in [0.1, 0.15) is 0 Å². The normalized spacial score (nSPS) is 12.5. The monoisotopic (exact) mass is 207 g/mol. The molecule has 0 bridgehead atoms. The minimum atomic E-state index is 0.103. The van der Waals surface area contributed by atoms with Crippen LogP contribution in [0.4, 0.5) is 5.69 Å². The van der Waals surface area contributed by atoms with E-state index in [-0.39, 0.29) is 6.61 Å². The maximum absolute atomic E-state index is 9.15. The van der Waals surface area contributed by atoms with Crippen molar-refractivity contribution < 1.29 is 5.11 Å². The lowest BCUT2D eigenvalue weighted by atomic mass is 10.1. The molecule has 0 aliphatic rings. The second-order valence-electron chi connectivity index (χ2n) is 4.09. The molecule has 1 aromatic carbocycles. The first-order valence-corrected chi connectivity index (χ1v) is 5.70. The molecule has 0 aromatic heterocycles. The molecule has 0 saturated heterocycles. The van der Waals surface area contributed by atoms with E-state index in [9.17, 15) is 0 Å². The maximum Gasteiger partial charge on any atom is 0.0701 e. The highest BCUT2D eigenvalue weighted by Crippen LogP contribution is 2.16. The van der Waals surface area contributed by atoms with E-state index in [0.717, 1.165) is 17.8 Å². The topological polar surface area (TPSA) is 32.3 Å². The lowest BCUT2D eigenvalue weighted by Crippen LogP contribution is -2.12. The molecule has 0 aliphatic carbocycles. The Labute approximate surface area is 92.3 Å². The van der Waals surface area contributed by atoms with E-state index >= 15 is 0 Å². The molecule has 0 radical (unpaired) electrons. The van der Waals surface area contributed by atoms with Crippen molar-refractivity contribution in [1.29, 1.82) is 0 Å². The summed E-state index contributed by atoms with van der Waals surface area (Å²) in [6.07, 6.45) is 2.47. The predicted molar refractivity (Wildman–Crippen MR) is 64.9 cm³/mol. The fourth-order valence-corrected chi connectivity index (χ4v) is 1.71.